The lowest BCUT2D eigenvalue weighted by molar-refractivity contribution is 0.0919. The second kappa shape index (κ2) is 8.24. The minimum absolute atomic E-state index is 0.173. The van der Waals surface area contributed by atoms with Crippen LogP contribution in [0.3, 0.4) is 0 Å². The first kappa shape index (κ1) is 17.7. The Kier molecular flexibility index (Phi) is 6.33. The number of ether oxygens (including phenoxy) is 1. The molecule has 2 aromatic rings. The predicted octanol–water partition coefficient (Wildman–Crippen LogP) is 3.46. The molecule has 1 aromatic carbocycles. The van der Waals surface area contributed by atoms with Gasteiger partial charge >= 0.3 is 0 Å². The van der Waals surface area contributed by atoms with Crippen LogP contribution in [0.15, 0.2) is 34.7 Å². The van der Waals surface area contributed by atoms with Crippen LogP contribution in [-0.2, 0) is 6.61 Å². The van der Waals surface area contributed by atoms with Gasteiger partial charge in [-0.25, -0.2) is 0 Å². The van der Waals surface area contributed by atoms with E-state index in [1.807, 2.05) is 19.0 Å². The van der Waals surface area contributed by atoms with Crippen LogP contribution < -0.4 is 10.1 Å². The van der Waals surface area contributed by atoms with Crippen LogP contribution in [0.4, 0.5) is 0 Å². The molecule has 0 aliphatic rings. The summed E-state index contributed by atoms with van der Waals surface area (Å²) >= 11 is 11.9. The Balaban J connectivity index is 1.88. The quantitative estimate of drug-likeness (QED) is 0.825. The topological polar surface area (TPSA) is 54.7 Å². The standard InChI is InChI=1S/C16H18Cl2N2O3/c1-20(2)8-7-19-16(21)15-6-4-12(23-15)10-22-14-5-3-11(17)9-13(14)18/h3-6,9H,7-8,10H2,1-2H3,(H,19,21). The lowest BCUT2D eigenvalue weighted by Crippen LogP contribution is -2.31. The summed E-state index contributed by atoms with van der Waals surface area (Å²) in [6.07, 6.45) is 0. The number of rotatable bonds is 7. The predicted molar refractivity (Wildman–Crippen MR) is 90.4 cm³/mol. The maximum absolute atomic E-state index is 11.9. The fraction of sp³-hybridized carbons (Fsp3) is 0.312. The second-order valence-corrected chi connectivity index (χ2v) is 6.03. The molecule has 1 aromatic heterocycles. The van der Waals surface area contributed by atoms with E-state index in [4.69, 9.17) is 32.4 Å². The number of nitrogens with zero attached hydrogens (tertiary/aromatic N) is 1. The molecule has 0 saturated carbocycles. The number of furan rings is 1. The van der Waals surface area contributed by atoms with Gasteiger partial charge in [0.2, 0.25) is 0 Å². The van der Waals surface area contributed by atoms with Crippen molar-refractivity contribution in [3.8, 4) is 5.75 Å². The second-order valence-electron chi connectivity index (χ2n) is 5.19. The summed E-state index contributed by atoms with van der Waals surface area (Å²) in [5, 5.41) is 3.74. The van der Waals surface area contributed by atoms with Gasteiger partial charge in [0.25, 0.3) is 5.91 Å². The molecule has 124 valence electrons. The van der Waals surface area contributed by atoms with Crippen LogP contribution in [0.1, 0.15) is 16.3 Å². The van der Waals surface area contributed by atoms with Crippen LogP contribution in [-0.4, -0.2) is 38.0 Å². The molecule has 1 N–H and O–H groups in total. The molecule has 2 rings (SSSR count). The molecule has 0 aliphatic heterocycles. The molecule has 1 heterocycles. The van der Waals surface area contributed by atoms with Crippen molar-refractivity contribution in [1.29, 1.82) is 0 Å². The SMILES string of the molecule is CN(C)CCNC(=O)c1ccc(COc2ccc(Cl)cc2Cl)o1. The van der Waals surface area contributed by atoms with Crippen molar-refractivity contribution in [1.82, 2.24) is 10.2 Å². The molecule has 1 amide bonds. The molecule has 0 fully saturated rings. The normalized spacial score (nSPS) is 10.8. The Bertz CT molecular complexity index is 671. The van der Waals surface area contributed by atoms with E-state index in [0.29, 0.717) is 28.1 Å². The average Bonchev–Trinajstić information content (AvgIpc) is 2.95. The van der Waals surface area contributed by atoms with Gasteiger partial charge in [0, 0.05) is 18.1 Å². The van der Waals surface area contributed by atoms with E-state index in [-0.39, 0.29) is 18.3 Å². The van der Waals surface area contributed by atoms with Crippen LogP contribution in [0, 0.1) is 0 Å². The fourth-order valence-corrected chi connectivity index (χ4v) is 2.26. The van der Waals surface area contributed by atoms with Gasteiger partial charge in [-0.2, -0.15) is 0 Å². The monoisotopic (exact) mass is 356 g/mol. The highest BCUT2D eigenvalue weighted by molar-refractivity contribution is 6.35. The first-order valence-corrected chi connectivity index (χ1v) is 7.81. The molecule has 0 bridgehead atoms. The van der Waals surface area contributed by atoms with Gasteiger partial charge < -0.3 is 19.4 Å². The van der Waals surface area contributed by atoms with Gasteiger partial charge in [0.1, 0.15) is 18.1 Å². The molecule has 7 heteroatoms. The highest BCUT2D eigenvalue weighted by atomic mass is 35.5. The van der Waals surface area contributed by atoms with E-state index in [2.05, 4.69) is 5.32 Å². The van der Waals surface area contributed by atoms with Crippen molar-refractivity contribution in [3.05, 3.63) is 51.9 Å². The summed E-state index contributed by atoms with van der Waals surface area (Å²) in [6, 6.07) is 8.29. The summed E-state index contributed by atoms with van der Waals surface area (Å²) in [6.45, 7) is 1.49. The highest BCUT2D eigenvalue weighted by Crippen LogP contribution is 2.28. The zero-order valence-corrected chi connectivity index (χ0v) is 14.4. The number of carbonyl (C=O) groups excluding carboxylic acids is 1. The first-order chi connectivity index (χ1) is 11.0. The number of halogens is 2. The van der Waals surface area contributed by atoms with Crippen LogP contribution in [0.25, 0.3) is 0 Å². The lowest BCUT2D eigenvalue weighted by atomic mass is 10.3. The summed E-state index contributed by atoms with van der Waals surface area (Å²) in [5.74, 6) is 1.05. The molecule has 23 heavy (non-hydrogen) atoms. The molecule has 0 spiro atoms. The van der Waals surface area contributed by atoms with Gasteiger partial charge in [-0.1, -0.05) is 23.2 Å². The van der Waals surface area contributed by atoms with Crippen molar-refractivity contribution in [2.45, 2.75) is 6.61 Å². The van der Waals surface area contributed by atoms with E-state index >= 15 is 0 Å². The number of hydrogen-bond donors (Lipinski definition) is 1. The first-order valence-electron chi connectivity index (χ1n) is 7.05. The summed E-state index contributed by atoms with van der Waals surface area (Å²) < 4.78 is 11.0. The number of likely N-dealkylation sites (N-methyl/N-ethyl adjacent to an activating group) is 1. The van der Waals surface area contributed by atoms with Crippen molar-refractivity contribution in [3.63, 3.8) is 0 Å². The maximum atomic E-state index is 11.9. The van der Waals surface area contributed by atoms with Crippen molar-refractivity contribution < 1.29 is 13.9 Å². The minimum Gasteiger partial charge on any atom is -0.484 e. The van der Waals surface area contributed by atoms with E-state index in [0.717, 1.165) is 6.54 Å². The van der Waals surface area contributed by atoms with E-state index in [1.165, 1.54) is 0 Å². The van der Waals surface area contributed by atoms with E-state index in [1.54, 1.807) is 30.3 Å². The zero-order valence-electron chi connectivity index (χ0n) is 12.9. The third kappa shape index (κ3) is 5.46. The number of benzene rings is 1. The number of hydrogen-bond acceptors (Lipinski definition) is 4. The van der Waals surface area contributed by atoms with Gasteiger partial charge in [-0.3, -0.25) is 4.79 Å². The maximum Gasteiger partial charge on any atom is 0.287 e. The largest absolute Gasteiger partial charge is 0.484 e. The third-order valence-corrected chi connectivity index (χ3v) is 3.52. The molecule has 0 atom stereocenters. The third-order valence-electron chi connectivity index (χ3n) is 2.99. The fourth-order valence-electron chi connectivity index (χ4n) is 1.80. The molecule has 0 aliphatic carbocycles. The van der Waals surface area contributed by atoms with Crippen molar-refractivity contribution >= 4 is 29.1 Å². The van der Waals surface area contributed by atoms with Crippen LogP contribution in [0.5, 0.6) is 5.75 Å². The number of nitrogens with one attached hydrogen (secondary N) is 1. The molecular weight excluding hydrogens is 339 g/mol. The molecule has 0 radical (unpaired) electrons. The Morgan fingerprint density at radius 2 is 2.04 bits per heavy atom. The Hall–Kier alpha value is -1.69. The zero-order chi connectivity index (χ0) is 16.8. The average molecular weight is 357 g/mol. The van der Waals surface area contributed by atoms with Gasteiger partial charge in [0.15, 0.2) is 5.76 Å². The summed E-state index contributed by atoms with van der Waals surface area (Å²) in [5.41, 5.74) is 0. The molecule has 5 nitrogen and oxygen atoms in total. The Morgan fingerprint density at radius 3 is 2.74 bits per heavy atom. The highest BCUT2D eigenvalue weighted by Gasteiger charge is 2.11. The molecule has 0 saturated heterocycles. The van der Waals surface area contributed by atoms with Gasteiger partial charge in [0.05, 0.1) is 5.02 Å². The Morgan fingerprint density at radius 1 is 1.26 bits per heavy atom. The number of carbonyl (C=O) groups is 1. The number of amides is 1. The van der Waals surface area contributed by atoms with Gasteiger partial charge in [-0.05, 0) is 44.4 Å². The molecular formula is C16H18Cl2N2O3. The lowest BCUT2D eigenvalue weighted by Gasteiger charge is -2.09. The van der Waals surface area contributed by atoms with Crippen LogP contribution >= 0.6 is 23.2 Å². The Labute approximate surface area is 145 Å². The van der Waals surface area contributed by atoms with Crippen molar-refractivity contribution in [2.75, 3.05) is 27.2 Å². The van der Waals surface area contributed by atoms with Crippen molar-refractivity contribution in [2.24, 2.45) is 0 Å². The van der Waals surface area contributed by atoms with Crippen LogP contribution in [0.2, 0.25) is 10.0 Å². The smallest absolute Gasteiger partial charge is 0.287 e. The molecule has 0 unspecified atom stereocenters. The van der Waals surface area contributed by atoms with Gasteiger partial charge in [-0.15, -0.1) is 0 Å². The summed E-state index contributed by atoms with van der Waals surface area (Å²) in [4.78, 5) is 13.9. The van der Waals surface area contributed by atoms with E-state index in [9.17, 15) is 4.79 Å². The van der Waals surface area contributed by atoms with E-state index < -0.39 is 0 Å². The summed E-state index contributed by atoms with van der Waals surface area (Å²) in [7, 11) is 3.88. The minimum atomic E-state index is -0.248.